The summed E-state index contributed by atoms with van der Waals surface area (Å²) in [6.45, 7) is 6.07. The number of carbonyl (C=O) groups is 1. The van der Waals surface area contributed by atoms with Crippen LogP contribution in [0.3, 0.4) is 0 Å². The average Bonchev–Trinajstić information content (AvgIpc) is 3.17. The number of hydrogen-bond donors (Lipinski definition) is 1. The Morgan fingerprint density at radius 2 is 1.68 bits per heavy atom. The molecule has 0 radical (unpaired) electrons. The molecule has 1 amide bonds. The zero-order valence-electron chi connectivity index (χ0n) is 15.2. The highest BCUT2D eigenvalue weighted by molar-refractivity contribution is 5.99. The number of benzene rings is 2. The fraction of sp³-hybridized carbons (Fsp3) is 0.381. The predicted octanol–water partition coefficient (Wildman–Crippen LogP) is 4.21. The zero-order chi connectivity index (χ0) is 17.9. The molecule has 132 valence electrons. The second kappa shape index (κ2) is 7.18. The summed E-state index contributed by atoms with van der Waals surface area (Å²) in [4.78, 5) is 15.2. The van der Waals surface area contributed by atoms with E-state index in [9.17, 15) is 4.79 Å². The van der Waals surface area contributed by atoms with E-state index in [4.69, 9.17) is 4.74 Å². The fourth-order valence-electron chi connectivity index (χ4n) is 3.30. The first-order valence-electron chi connectivity index (χ1n) is 8.82. The van der Waals surface area contributed by atoms with E-state index in [2.05, 4.69) is 22.3 Å². The van der Waals surface area contributed by atoms with E-state index in [0.717, 1.165) is 30.1 Å². The van der Waals surface area contributed by atoms with Crippen LogP contribution in [-0.2, 0) is 10.2 Å². The highest BCUT2D eigenvalue weighted by Crippen LogP contribution is 2.32. The van der Waals surface area contributed by atoms with E-state index in [1.54, 1.807) is 7.11 Å². The second-order valence-corrected chi connectivity index (χ2v) is 7.02. The van der Waals surface area contributed by atoms with E-state index in [1.165, 1.54) is 18.5 Å². The Hall–Kier alpha value is -2.49. The van der Waals surface area contributed by atoms with Gasteiger partial charge in [0.1, 0.15) is 5.75 Å². The average molecular weight is 338 g/mol. The number of ether oxygens (including phenoxy) is 1. The molecule has 4 nitrogen and oxygen atoms in total. The maximum absolute atomic E-state index is 12.9. The third-order valence-electron chi connectivity index (χ3n) is 4.94. The van der Waals surface area contributed by atoms with Gasteiger partial charge in [0.25, 0.3) is 0 Å². The Balaban J connectivity index is 1.74. The van der Waals surface area contributed by atoms with Crippen LogP contribution in [0.4, 0.5) is 11.4 Å². The molecule has 0 saturated carbocycles. The Kier molecular flexibility index (Phi) is 4.98. The summed E-state index contributed by atoms with van der Waals surface area (Å²) in [6, 6.07) is 15.8. The molecule has 0 unspecified atom stereocenters. The maximum atomic E-state index is 12.9. The number of nitrogens with zero attached hydrogens (tertiary/aromatic N) is 1. The van der Waals surface area contributed by atoms with Crippen LogP contribution in [0.1, 0.15) is 32.3 Å². The molecule has 1 fully saturated rings. The van der Waals surface area contributed by atoms with Crippen LogP contribution in [0.5, 0.6) is 5.75 Å². The maximum Gasteiger partial charge on any atom is 0.234 e. The number of anilines is 2. The summed E-state index contributed by atoms with van der Waals surface area (Å²) in [5.41, 5.74) is 2.22. The fourth-order valence-corrected chi connectivity index (χ4v) is 3.30. The summed E-state index contributed by atoms with van der Waals surface area (Å²) >= 11 is 0. The number of amides is 1. The lowest BCUT2D eigenvalue weighted by atomic mass is 9.83. The molecule has 1 N–H and O–H groups in total. The molecule has 2 aromatic carbocycles. The topological polar surface area (TPSA) is 41.6 Å². The number of methoxy groups -OCH3 is 1. The van der Waals surface area contributed by atoms with Crippen molar-refractivity contribution in [3.63, 3.8) is 0 Å². The smallest absolute Gasteiger partial charge is 0.234 e. The molecule has 0 spiro atoms. The second-order valence-electron chi connectivity index (χ2n) is 7.02. The Labute approximate surface area is 149 Å². The van der Waals surface area contributed by atoms with Gasteiger partial charge < -0.3 is 15.0 Å². The van der Waals surface area contributed by atoms with Gasteiger partial charge in [-0.25, -0.2) is 0 Å². The number of para-hydroxylation sites is 1. The molecule has 25 heavy (non-hydrogen) atoms. The van der Waals surface area contributed by atoms with Crippen molar-refractivity contribution in [1.82, 2.24) is 0 Å². The molecule has 0 bridgehead atoms. The predicted molar refractivity (Wildman–Crippen MR) is 103 cm³/mol. The molecule has 0 aromatic heterocycles. The third-order valence-corrected chi connectivity index (χ3v) is 4.94. The van der Waals surface area contributed by atoms with Gasteiger partial charge in [-0.1, -0.05) is 18.2 Å². The molecule has 4 heteroatoms. The lowest BCUT2D eigenvalue weighted by molar-refractivity contribution is -0.120. The Bertz CT molecular complexity index is 732. The first-order chi connectivity index (χ1) is 12.0. The SMILES string of the molecule is COc1ccccc1C(C)(C)C(=O)Nc1ccc(N2CCCC2)cc1. The van der Waals surface area contributed by atoms with Crippen LogP contribution < -0.4 is 15.0 Å². The van der Waals surface area contributed by atoms with Crippen molar-refractivity contribution in [3.8, 4) is 5.75 Å². The minimum Gasteiger partial charge on any atom is -0.496 e. The van der Waals surface area contributed by atoms with Crippen LogP contribution in [0.15, 0.2) is 48.5 Å². The van der Waals surface area contributed by atoms with Crippen LogP contribution in [-0.4, -0.2) is 26.1 Å². The summed E-state index contributed by atoms with van der Waals surface area (Å²) < 4.78 is 5.42. The molecular weight excluding hydrogens is 312 g/mol. The van der Waals surface area contributed by atoms with Crippen LogP contribution >= 0.6 is 0 Å². The largest absolute Gasteiger partial charge is 0.496 e. The van der Waals surface area contributed by atoms with Gasteiger partial charge in [0.2, 0.25) is 5.91 Å². The monoisotopic (exact) mass is 338 g/mol. The van der Waals surface area contributed by atoms with Crippen LogP contribution in [0.2, 0.25) is 0 Å². The number of nitrogens with one attached hydrogen (secondary N) is 1. The van der Waals surface area contributed by atoms with Gasteiger partial charge in [-0.3, -0.25) is 4.79 Å². The molecular formula is C21H26N2O2. The van der Waals surface area contributed by atoms with Crippen LogP contribution in [0, 0.1) is 0 Å². The van der Waals surface area contributed by atoms with Gasteiger partial charge in [-0.05, 0) is 57.0 Å². The normalized spacial score (nSPS) is 14.4. The van der Waals surface area contributed by atoms with Crippen molar-refractivity contribution in [2.24, 2.45) is 0 Å². The molecule has 3 rings (SSSR count). The van der Waals surface area contributed by atoms with Gasteiger partial charge in [-0.2, -0.15) is 0 Å². The van der Waals surface area contributed by atoms with Crippen molar-refractivity contribution in [2.45, 2.75) is 32.1 Å². The number of carbonyl (C=O) groups excluding carboxylic acids is 1. The lowest BCUT2D eigenvalue weighted by Crippen LogP contribution is -2.35. The van der Waals surface area contributed by atoms with Gasteiger partial charge in [-0.15, -0.1) is 0 Å². The van der Waals surface area contributed by atoms with Gasteiger partial charge in [0.05, 0.1) is 12.5 Å². The van der Waals surface area contributed by atoms with Gasteiger partial charge in [0, 0.05) is 30.0 Å². The molecule has 1 aliphatic heterocycles. The molecule has 2 aromatic rings. The number of rotatable bonds is 5. The molecule has 1 saturated heterocycles. The summed E-state index contributed by atoms with van der Waals surface area (Å²) in [5.74, 6) is 0.679. The molecule has 1 heterocycles. The van der Waals surface area contributed by atoms with E-state index in [1.807, 2.05) is 50.2 Å². The summed E-state index contributed by atoms with van der Waals surface area (Å²) in [5, 5.41) is 3.04. The molecule has 1 aliphatic rings. The van der Waals surface area contributed by atoms with Gasteiger partial charge in [0.15, 0.2) is 0 Å². The third kappa shape index (κ3) is 3.63. The lowest BCUT2D eigenvalue weighted by Gasteiger charge is -2.26. The quantitative estimate of drug-likeness (QED) is 0.888. The minimum atomic E-state index is -0.694. The van der Waals surface area contributed by atoms with Crippen molar-refractivity contribution in [3.05, 3.63) is 54.1 Å². The first kappa shape index (κ1) is 17.3. The Morgan fingerprint density at radius 3 is 2.32 bits per heavy atom. The first-order valence-corrected chi connectivity index (χ1v) is 8.82. The summed E-state index contributed by atoms with van der Waals surface area (Å²) in [7, 11) is 1.63. The van der Waals surface area contributed by atoms with E-state index in [0.29, 0.717) is 0 Å². The van der Waals surface area contributed by atoms with E-state index < -0.39 is 5.41 Å². The molecule has 0 atom stereocenters. The van der Waals surface area contributed by atoms with Gasteiger partial charge >= 0.3 is 0 Å². The van der Waals surface area contributed by atoms with Crippen molar-refractivity contribution < 1.29 is 9.53 Å². The van der Waals surface area contributed by atoms with Crippen molar-refractivity contribution in [1.29, 1.82) is 0 Å². The van der Waals surface area contributed by atoms with Crippen molar-refractivity contribution >= 4 is 17.3 Å². The highest BCUT2D eigenvalue weighted by atomic mass is 16.5. The van der Waals surface area contributed by atoms with E-state index in [-0.39, 0.29) is 5.91 Å². The number of hydrogen-bond acceptors (Lipinski definition) is 3. The standard InChI is InChI=1S/C21H26N2O2/c1-21(2,18-8-4-5-9-19(18)25-3)20(24)22-16-10-12-17(13-11-16)23-14-6-7-15-23/h4-5,8-13H,6-7,14-15H2,1-3H3,(H,22,24). The highest BCUT2D eigenvalue weighted by Gasteiger charge is 2.32. The zero-order valence-corrected chi connectivity index (χ0v) is 15.2. The van der Waals surface area contributed by atoms with Crippen LogP contribution in [0.25, 0.3) is 0 Å². The molecule has 0 aliphatic carbocycles. The van der Waals surface area contributed by atoms with E-state index >= 15 is 0 Å². The van der Waals surface area contributed by atoms with Crippen molar-refractivity contribution in [2.75, 3.05) is 30.4 Å². The Morgan fingerprint density at radius 1 is 1.04 bits per heavy atom. The minimum absolute atomic E-state index is 0.0501. The summed E-state index contributed by atoms with van der Waals surface area (Å²) in [6.07, 6.45) is 2.51.